The standard InChI is InChI=1S/C61H80N8O15/c1-15-36(8)53-47(70)31-52(74)84-55(35(6)7)58(77)63-43(25-33(2)3)59(78)69-24-16-17-44(69)60(79)68(13)46(27-38-18-21-41(81-14)22-19-38)61(80)82-37(9)54(57(76)64-53)65-56(75)45(26-34(4)5)67(12)50(72)32-62-49(71)28-39-29-51(73)83-48-30-40(66(10)11)20-23-42(39)48/h18-23,26,29-30,33-35,43-44,46-47,55,70H,9,15-17,24-25,27-28,31-32H2,1-8,10-14H3,(H,62,71)(H,63,77)(H,64,76)/b45-26-,53-36+,65-54?/t43-,44-,46-,47-,55-/m0/s1. The Kier molecular flexibility index (Phi) is 23.4. The lowest BCUT2D eigenvalue weighted by Crippen LogP contribution is -2.57. The fraction of sp³-hybridized carbons (Fsp3) is 0.492. The number of hydrogen-bond donors (Lipinski definition) is 4. The summed E-state index contributed by atoms with van der Waals surface area (Å²) in [7, 11) is 7.69. The Morgan fingerprint density at radius 3 is 2.25 bits per heavy atom. The van der Waals surface area contributed by atoms with E-state index in [9.17, 15) is 53.1 Å². The van der Waals surface area contributed by atoms with Gasteiger partial charge < -0.3 is 59.3 Å². The van der Waals surface area contributed by atoms with E-state index in [0.29, 0.717) is 34.3 Å². The number of allylic oxidation sites excluding steroid dienone is 2. The molecule has 0 saturated carbocycles. The SMILES string of the molecule is C=C1OC(=O)[C@H](Cc2ccc(OC)cc2)N(C)C(=O)[C@@H]2CCCN2C(=O)[C@H](CC(C)C)NC(=O)[C@H](C(C)C)OC(=O)C[C@H](O)/C(=C(/C)CC)NC(=O)C1=NC(=O)/C(=C/C(C)C)N(C)C(=O)CNC(=O)Cc1cc(=O)oc2cc(N(C)C)ccc12. The lowest BCUT2D eigenvalue weighted by Gasteiger charge is -2.34. The molecule has 454 valence electrons. The van der Waals surface area contributed by atoms with Gasteiger partial charge in [0.05, 0.1) is 26.5 Å². The number of carbonyl (C=O) groups is 9. The molecule has 0 bridgehead atoms. The number of methoxy groups -OCH3 is 1. The van der Waals surface area contributed by atoms with Crippen LogP contribution in [0.2, 0.25) is 0 Å². The van der Waals surface area contributed by atoms with Crippen molar-refractivity contribution in [3.05, 3.63) is 105 Å². The van der Waals surface area contributed by atoms with Crippen molar-refractivity contribution >= 4 is 75.7 Å². The van der Waals surface area contributed by atoms with Gasteiger partial charge in [0.15, 0.2) is 17.6 Å². The van der Waals surface area contributed by atoms with Gasteiger partial charge in [-0.1, -0.05) is 78.8 Å². The number of ether oxygens (including phenoxy) is 3. The lowest BCUT2D eigenvalue weighted by atomic mass is 10.00. The minimum absolute atomic E-state index is 0.128. The number of benzene rings is 2. The number of carbonyl (C=O) groups excluding carboxylic acids is 9. The van der Waals surface area contributed by atoms with Gasteiger partial charge in [0.2, 0.25) is 23.6 Å². The zero-order valence-electron chi connectivity index (χ0n) is 50.3. The molecule has 2 aromatic carbocycles. The highest BCUT2D eigenvalue weighted by Crippen LogP contribution is 2.27. The number of amides is 7. The first kappa shape index (κ1) is 66.3. The van der Waals surface area contributed by atoms with Crippen LogP contribution in [0.25, 0.3) is 11.0 Å². The first-order chi connectivity index (χ1) is 39.5. The van der Waals surface area contributed by atoms with E-state index in [4.69, 9.17) is 18.6 Å². The molecule has 5 rings (SSSR count). The number of hydrogen-bond acceptors (Lipinski definition) is 16. The van der Waals surface area contributed by atoms with E-state index >= 15 is 0 Å². The Morgan fingerprint density at radius 2 is 1.64 bits per heavy atom. The van der Waals surface area contributed by atoms with Crippen LogP contribution in [0.5, 0.6) is 5.75 Å². The van der Waals surface area contributed by atoms with Gasteiger partial charge in [-0.15, -0.1) is 0 Å². The number of rotatable bonds is 15. The topological polar surface area (TPSA) is 293 Å². The third-order valence-corrected chi connectivity index (χ3v) is 14.4. The number of cyclic esters (lactones) is 2. The largest absolute Gasteiger partial charge is 0.497 e. The molecule has 2 saturated heterocycles. The number of anilines is 1. The number of aliphatic hydroxyl groups is 1. The molecule has 3 heterocycles. The van der Waals surface area contributed by atoms with E-state index < -0.39 is 131 Å². The number of esters is 2. The number of nitrogens with zero attached hydrogens (tertiary/aromatic N) is 5. The lowest BCUT2D eigenvalue weighted by molar-refractivity contribution is -0.161. The Balaban J connectivity index is 1.58. The molecule has 23 nitrogen and oxygen atoms in total. The average Bonchev–Trinajstić information content (AvgIpc) is 2.87. The predicted octanol–water partition coefficient (Wildman–Crippen LogP) is 4.27. The van der Waals surface area contributed by atoms with Crippen molar-refractivity contribution in [3.8, 4) is 5.75 Å². The molecule has 4 N–H and O–H groups in total. The third-order valence-electron chi connectivity index (χ3n) is 14.4. The van der Waals surface area contributed by atoms with Crippen LogP contribution in [0.4, 0.5) is 5.69 Å². The van der Waals surface area contributed by atoms with Crippen LogP contribution in [0.1, 0.15) is 98.6 Å². The maximum atomic E-state index is 14.8. The fourth-order valence-electron chi connectivity index (χ4n) is 9.56. The molecular weight excluding hydrogens is 1080 g/mol. The number of aliphatic hydroxyl groups excluding tert-OH is 1. The second-order valence-electron chi connectivity index (χ2n) is 22.3. The van der Waals surface area contributed by atoms with E-state index in [-0.39, 0.29) is 55.8 Å². The van der Waals surface area contributed by atoms with Gasteiger partial charge in [-0.3, -0.25) is 38.4 Å². The smallest absolute Gasteiger partial charge is 0.336 e. The molecule has 23 heteroatoms. The van der Waals surface area contributed by atoms with Gasteiger partial charge in [-0.05, 0) is 85.8 Å². The first-order valence-corrected chi connectivity index (χ1v) is 28.0. The molecule has 0 radical (unpaired) electrons. The Bertz CT molecular complexity index is 3160. The Labute approximate surface area is 489 Å². The average molecular weight is 1170 g/mol. The molecule has 2 aliphatic heterocycles. The van der Waals surface area contributed by atoms with Gasteiger partial charge in [-0.25, -0.2) is 9.59 Å². The van der Waals surface area contributed by atoms with Crippen molar-refractivity contribution in [3.63, 3.8) is 0 Å². The zero-order chi connectivity index (χ0) is 62.4. The maximum absolute atomic E-state index is 14.8. The summed E-state index contributed by atoms with van der Waals surface area (Å²) in [6.07, 6.45) is -2.32. The van der Waals surface area contributed by atoms with Gasteiger partial charge in [-0.2, -0.15) is 4.99 Å². The highest BCUT2D eigenvalue weighted by molar-refractivity contribution is 6.46. The number of likely N-dealkylation sites (N-methyl/N-ethyl adjacent to an activating group) is 2. The number of aliphatic imine (C=N–C) groups is 1. The molecule has 5 atom stereocenters. The van der Waals surface area contributed by atoms with Gasteiger partial charge in [0, 0.05) is 70.1 Å². The summed E-state index contributed by atoms with van der Waals surface area (Å²) in [6, 6.07) is 9.16. The first-order valence-electron chi connectivity index (χ1n) is 28.0. The summed E-state index contributed by atoms with van der Waals surface area (Å²) in [6.45, 7) is 16.9. The molecular formula is C61H80N8O15. The molecule has 3 aromatic rings. The molecule has 2 aliphatic rings. The summed E-state index contributed by atoms with van der Waals surface area (Å²) in [5.41, 5.74) is -0.0667. The zero-order valence-corrected chi connectivity index (χ0v) is 50.3. The van der Waals surface area contributed by atoms with Gasteiger partial charge in [0.1, 0.15) is 41.3 Å². The quantitative estimate of drug-likeness (QED) is 0.0939. The van der Waals surface area contributed by atoms with Crippen LogP contribution in [0.3, 0.4) is 0 Å². The molecule has 0 spiro atoms. The molecule has 2 fully saturated rings. The van der Waals surface area contributed by atoms with Crippen LogP contribution in [0, 0.1) is 17.8 Å². The summed E-state index contributed by atoms with van der Waals surface area (Å²) < 4.78 is 22.3. The van der Waals surface area contributed by atoms with Gasteiger partial charge >= 0.3 is 17.6 Å². The van der Waals surface area contributed by atoms with Crippen LogP contribution in [-0.2, 0) is 65.5 Å². The van der Waals surface area contributed by atoms with Crippen LogP contribution < -0.4 is 31.2 Å². The molecule has 1 aromatic heterocycles. The monoisotopic (exact) mass is 1160 g/mol. The minimum Gasteiger partial charge on any atom is -0.497 e. The van der Waals surface area contributed by atoms with Crippen molar-refractivity contribution in [2.24, 2.45) is 22.7 Å². The van der Waals surface area contributed by atoms with Crippen molar-refractivity contribution in [1.82, 2.24) is 30.7 Å². The van der Waals surface area contributed by atoms with E-state index in [2.05, 4.69) is 27.5 Å². The van der Waals surface area contributed by atoms with Crippen LogP contribution in [-0.4, -0.2) is 158 Å². The van der Waals surface area contributed by atoms with E-state index in [1.807, 2.05) is 32.8 Å². The molecule has 84 heavy (non-hydrogen) atoms. The second-order valence-corrected chi connectivity index (χ2v) is 22.3. The Hall–Kier alpha value is -8.47. The van der Waals surface area contributed by atoms with Crippen molar-refractivity contribution in [2.75, 3.05) is 53.3 Å². The van der Waals surface area contributed by atoms with Crippen LogP contribution >= 0.6 is 0 Å². The summed E-state index contributed by atoms with van der Waals surface area (Å²) in [5.74, 6) is -9.77. The predicted molar refractivity (Wildman–Crippen MR) is 313 cm³/mol. The van der Waals surface area contributed by atoms with Crippen LogP contribution in [0.15, 0.2) is 98.1 Å². The highest BCUT2D eigenvalue weighted by atomic mass is 16.6. The van der Waals surface area contributed by atoms with Crippen molar-refractivity contribution in [2.45, 2.75) is 131 Å². The summed E-state index contributed by atoms with van der Waals surface area (Å²) in [4.78, 5) is 151. The minimum atomic E-state index is -1.82. The fourth-order valence-corrected chi connectivity index (χ4v) is 9.56. The summed E-state index contributed by atoms with van der Waals surface area (Å²) >= 11 is 0. The van der Waals surface area contributed by atoms with Crippen molar-refractivity contribution in [1.29, 1.82) is 0 Å². The highest BCUT2D eigenvalue weighted by Gasteiger charge is 2.43. The van der Waals surface area contributed by atoms with Gasteiger partial charge in [0.25, 0.3) is 17.7 Å². The van der Waals surface area contributed by atoms with E-state index in [0.717, 1.165) is 15.5 Å². The van der Waals surface area contributed by atoms with E-state index in [1.165, 1.54) is 38.2 Å². The number of nitrogens with one attached hydrogen (secondary N) is 3. The maximum Gasteiger partial charge on any atom is 0.336 e. The van der Waals surface area contributed by atoms with E-state index in [1.54, 1.807) is 84.0 Å². The Morgan fingerprint density at radius 1 is 0.964 bits per heavy atom. The summed E-state index contributed by atoms with van der Waals surface area (Å²) in [5, 5.41) is 20.1. The molecule has 7 amide bonds. The molecule has 0 aliphatic carbocycles. The normalized spacial score (nSPS) is 21.2. The molecule has 0 unspecified atom stereocenters. The third kappa shape index (κ3) is 17.3. The van der Waals surface area contributed by atoms with Crippen molar-refractivity contribution < 1.29 is 66.9 Å². The second kappa shape index (κ2) is 29.7. The number of fused-ring (bicyclic) bond motifs is 2.